The zero-order chi connectivity index (χ0) is 13.8. The summed E-state index contributed by atoms with van der Waals surface area (Å²) in [5.74, 6) is 0.315. The zero-order valence-corrected chi connectivity index (χ0v) is 11.7. The summed E-state index contributed by atoms with van der Waals surface area (Å²) in [7, 11) is 0. The Hall–Kier alpha value is -1.49. The second-order valence-corrected chi connectivity index (χ2v) is 5.17. The first kappa shape index (κ1) is 13.9. The van der Waals surface area contributed by atoms with Crippen LogP contribution in [0.25, 0.3) is 0 Å². The molecule has 0 saturated heterocycles. The van der Waals surface area contributed by atoms with E-state index in [2.05, 4.69) is 35.4 Å². The van der Waals surface area contributed by atoms with Gasteiger partial charge in [-0.25, -0.2) is 0 Å². The minimum absolute atomic E-state index is 0.159. The molecule has 3 atom stereocenters. The van der Waals surface area contributed by atoms with Gasteiger partial charge in [-0.1, -0.05) is 30.3 Å². The summed E-state index contributed by atoms with van der Waals surface area (Å²) in [6.45, 7) is 1.40. The minimum Gasteiger partial charge on any atom is -0.351 e. The predicted molar refractivity (Wildman–Crippen MR) is 77.2 cm³/mol. The number of thiol groups is 1. The summed E-state index contributed by atoms with van der Waals surface area (Å²) in [5.41, 5.74) is 1.25. The van der Waals surface area contributed by atoms with Crippen molar-refractivity contribution in [3.63, 3.8) is 0 Å². The molecule has 1 saturated carbocycles. The van der Waals surface area contributed by atoms with Gasteiger partial charge in [-0.3, -0.25) is 9.59 Å². The summed E-state index contributed by atoms with van der Waals surface area (Å²) in [6.07, 6.45) is 0.953. The smallest absolute Gasteiger partial charge is 0.243 e. The lowest BCUT2D eigenvalue weighted by Crippen LogP contribution is -2.48. The van der Waals surface area contributed by atoms with E-state index in [-0.39, 0.29) is 17.9 Å². The summed E-state index contributed by atoms with van der Waals surface area (Å²) >= 11 is 4.09. The molecule has 0 radical (unpaired) electrons. The number of hydrogen-bond donors (Lipinski definition) is 3. The monoisotopic (exact) mass is 278 g/mol. The van der Waals surface area contributed by atoms with Gasteiger partial charge in [0, 0.05) is 24.6 Å². The van der Waals surface area contributed by atoms with Crippen LogP contribution in [0, 0.1) is 0 Å². The van der Waals surface area contributed by atoms with Crippen molar-refractivity contribution in [2.75, 3.05) is 5.75 Å². The molecular weight excluding hydrogens is 260 g/mol. The highest BCUT2D eigenvalue weighted by molar-refractivity contribution is 7.80. The van der Waals surface area contributed by atoms with Gasteiger partial charge >= 0.3 is 0 Å². The minimum atomic E-state index is -0.558. The van der Waals surface area contributed by atoms with Gasteiger partial charge in [0.2, 0.25) is 11.8 Å². The molecule has 2 rings (SSSR count). The largest absolute Gasteiger partial charge is 0.351 e. The molecule has 0 aromatic heterocycles. The molecule has 4 nitrogen and oxygen atoms in total. The first-order valence-electron chi connectivity index (χ1n) is 6.35. The Balaban J connectivity index is 1.86. The van der Waals surface area contributed by atoms with Crippen molar-refractivity contribution in [3.8, 4) is 0 Å². The van der Waals surface area contributed by atoms with Crippen LogP contribution in [0.3, 0.4) is 0 Å². The number of hydrogen-bond acceptors (Lipinski definition) is 3. The summed E-state index contributed by atoms with van der Waals surface area (Å²) in [4.78, 5) is 22.9. The highest BCUT2D eigenvalue weighted by Gasteiger charge is 2.40. The maximum Gasteiger partial charge on any atom is 0.243 e. The molecule has 0 aliphatic heterocycles. The maximum atomic E-state index is 12.0. The molecule has 2 N–H and O–H groups in total. The molecule has 0 spiro atoms. The Morgan fingerprint density at radius 1 is 1.37 bits per heavy atom. The molecule has 1 aromatic rings. The summed E-state index contributed by atoms with van der Waals surface area (Å²) in [6, 6.07) is 9.74. The van der Waals surface area contributed by atoms with Gasteiger partial charge in [0.15, 0.2) is 0 Å². The molecule has 1 aromatic carbocycles. The third-order valence-electron chi connectivity index (χ3n) is 3.22. The van der Waals surface area contributed by atoms with Crippen LogP contribution in [-0.4, -0.2) is 29.7 Å². The van der Waals surface area contributed by atoms with Gasteiger partial charge in [0.25, 0.3) is 0 Å². The van der Waals surface area contributed by atoms with Crippen LogP contribution in [0.15, 0.2) is 30.3 Å². The van der Waals surface area contributed by atoms with E-state index < -0.39 is 6.04 Å². The standard InChI is InChI=1S/C14H18N2O2S/c1-9(17)15-13(8-19)14(18)16-12-7-11(12)10-5-3-2-4-6-10/h2-6,11-13,19H,7-8H2,1H3,(H,15,17)(H,16,18). The maximum absolute atomic E-state index is 12.0. The van der Waals surface area contributed by atoms with Gasteiger partial charge in [-0.15, -0.1) is 0 Å². The van der Waals surface area contributed by atoms with Crippen molar-refractivity contribution in [2.24, 2.45) is 0 Å². The lowest BCUT2D eigenvalue weighted by Gasteiger charge is -2.15. The van der Waals surface area contributed by atoms with E-state index in [1.165, 1.54) is 12.5 Å². The van der Waals surface area contributed by atoms with E-state index in [0.717, 1.165) is 6.42 Å². The third-order valence-corrected chi connectivity index (χ3v) is 3.59. The highest BCUT2D eigenvalue weighted by Crippen LogP contribution is 2.40. The molecule has 3 unspecified atom stereocenters. The van der Waals surface area contributed by atoms with Crippen LogP contribution in [0.5, 0.6) is 0 Å². The SMILES string of the molecule is CC(=O)NC(CS)C(=O)NC1CC1c1ccccc1. The van der Waals surface area contributed by atoms with E-state index in [9.17, 15) is 9.59 Å². The van der Waals surface area contributed by atoms with E-state index in [1.54, 1.807) is 0 Å². The first-order chi connectivity index (χ1) is 9.11. The molecule has 2 amide bonds. The molecule has 1 aliphatic carbocycles. The Kier molecular flexibility index (Phi) is 4.47. The number of benzene rings is 1. The first-order valence-corrected chi connectivity index (χ1v) is 6.98. The highest BCUT2D eigenvalue weighted by atomic mass is 32.1. The zero-order valence-electron chi connectivity index (χ0n) is 10.8. The van der Waals surface area contributed by atoms with Gasteiger partial charge < -0.3 is 10.6 Å². The van der Waals surface area contributed by atoms with Gasteiger partial charge in [0.05, 0.1) is 0 Å². The molecule has 102 valence electrons. The van der Waals surface area contributed by atoms with Crippen LogP contribution in [0.2, 0.25) is 0 Å². The fourth-order valence-electron chi connectivity index (χ4n) is 2.15. The second-order valence-electron chi connectivity index (χ2n) is 4.80. The molecule has 1 fully saturated rings. The Labute approximate surface area is 118 Å². The average Bonchev–Trinajstić information content (AvgIpc) is 3.16. The van der Waals surface area contributed by atoms with E-state index >= 15 is 0 Å². The van der Waals surface area contributed by atoms with Crippen molar-refractivity contribution < 1.29 is 9.59 Å². The van der Waals surface area contributed by atoms with Crippen molar-refractivity contribution in [3.05, 3.63) is 35.9 Å². The number of nitrogens with one attached hydrogen (secondary N) is 2. The molecule has 19 heavy (non-hydrogen) atoms. The molecule has 1 aliphatic rings. The topological polar surface area (TPSA) is 58.2 Å². The van der Waals surface area contributed by atoms with Crippen LogP contribution in [0.1, 0.15) is 24.8 Å². The number of rotatable bonds is 5. The second kappa shape index (κ2) is 6.10. The Morgan fingerprint density at radius 3 is 2.63 bits per heavy atom. The summed E-state index contributed by atoms with van der Waals surface area (Å²) < 4.78 is 0. The quantitative estimate of drug-likeness (QED) is 0.706. The fourth-order valence-corrected chi connectivity index (χ4v) is 2.40. The van der Waals surface area contributed by atoms with Gasteiger partial charge in [-0.2, -0.15) is 12.6 Å². The number of carbonyl (C=O) groups is 2. The van der Waals surface area contributed by atoms with Crippen LogP contribution in [0.4, 0.5) is 0 Å². The molecule has 5 heteroatoms. The van der Waals surface area contributed by atoms with Crippen molar-refractivity contribution in [2.45, 2.75) is 31.3 Å². The Morgan fingerprint density at radius 2 is 2.05 bits per heavy atom. The van der Waals surface area contributed by atoms with Crippen LogP contribution in [-0.2, 0) is 9.59 Å². The van der Waals surface area contributed by atoms with Crippen molar-refractivity contribution >= 4 is 24.4 Å². The van der Waals surface area contributed by atoms with E-state index in [1.807, 2.05) is 18.2 Å². The fraction of sp³-hybridized carbons (Fsp3) is 0.429. The Bertz CT molecular complexity index is 464. The van der Waals surface area contributed by atoms with Crippen LogP contribution < -0.4 is 10.6 Å². The van der Waals surface area contributed by atoms with E-state index in [0.29, 0.717) is 11.7 Å². The van der Waals surface area contributed by atoms with Crippen LogP contribution >= 0.6 is 12.6 Å². The normalized spacial score (nSPS) is 22.4. The number of amides is 2. The number of carbonyl (C=O) groups excluding carboxylic acids is 2. The lowest BCUT2D eigenvalue weighted by atomic mass is 10.1. The van der Waals surface area contributed by atoms with E-state index in [4.69, 9.17) is 0 Å². The average molecular weight is 278 g/mol. The van der Waals surface area contributed by atoms with Crippen molar-refractivity contribution in [1.29, 1.82) is 0 Å². The van der Waals surface area contributed by atoms with Crippen molar-refractivity contribution in [1.82, 2.24) is 10.6 Å². The molecule has 0 bridgehead atoms. The van der Waals surface area contributed by atoms with Gasteiger partial charge in [-0.05, 0) is 12.0 Å². The lowest BCUT2D eigenvalue weighted by molar-refractivity contribution is -0.127. The third kappa shape index (κ3) is 3.73. The van der Waals surface area contributed by atoms with Gasteiger partial charge in [0.1, 0.15) is 6.04 Å². The molecule has 0 heterocycles. The molecular formula is C14H18N2O2S. The predicted octanol–water partition coefficient (Wildman–Crippen LogP) is 1.09. The summed E-state index contributed by atoms with van der Waals surface area (Å²) in [5, 5.41) is 5.55.